The van der Waals surface area contributed by atoms with Crippen LogP contribution in [-0.2, 0) is 11.3 Å². The van der Waals surface area contributed by atoms with E-state index in [9.17, 15) is 4.79 Å². The molecular weight excluding hydrogens is 365 g/mol. The zero-order chi connectivity index (χ0) is 17.7. The number of amides is 1. The molecule has 1 aliphatic heterocycles. The highest BCUT2D eigenvalue weighted by Crippen LogP contribution is 2.37. The lowest BCUT2D eigenvalue weighted by Gasteiger charge is -2.39. The van der Waals surface area contributed by atoms with Crippen molar-refractivity contribution in [3.05, 3.63) is 22.7 Å². The molecule has 2 rings (SSSR count). The van der Waals surface area contributed by atoms with Gasteiger partial charge in [-0.25, -0.2) is 0 Å². The van der Waals surface area contributed by atoms with E-state index in [0.29, 0.717) is 35.0 Å². The lowest BCUT2D eigenvalue weighted by molar-refractivity contribution is -0.119. The van der Waals surface area contributed by atoms with E-state index >= 15 is 0 Å². The fraction of sp³-hybridized carbons (Fsp3) is 0.588. The molecule has 0 aliphatic carbocycles. The molecule has 0 spiro atoms. The summed E-state index contributed by atoms with van der Waals surface area (Å²) in [4.78, 5) is 13.3. The maximum atomic E-state index is 10.9. The summed E-state index contributed by atoms with van der Waals surface area (Å²) in [6, 6.07) is 4.09. The number of ether oxygens (including phenoxy) is 2. The number of halogens is 2. The number of benzene rings is 1. The van der Waals surface area contributed by atoms with Gasteiger partial charge >= 0.3 is 0 Å². The van der Waals surface area contributed by atoms with Gasteiger partial charge in [0.2, 0.25) is 0 Å². The molecule has 0 bridgehead atoms. The summed E-state index contributed by atoms with van der Waals surface area (Å²) in [6.45, 7) is 4.42. The van der Waals surface area contributed by atoms with Crippen LogP contribution >= 0.6 is 24.0 Å². The van der Waals surface area contributed by atoms with Crippen molar-refractivity contribution in [2.45, 2.75) is 32.4 Å². The summed E-state index contributed by atoms with van der Waals surface area (Å²) < 4.78 is 10.7. The maximum absolute atomic E-state index is 10.9. The molecule has 1 heterocycles. The Morgan fingerprint density at radius 1 is 1.44 bits per heavy atom. The molecule has 1 aliphatic rings. The fourth-order valence-electron chi connectivity index (χ4n) is 3.29. The van der Waals surface area contributed by atoms with Crippen LogP contribution in [0, 0.1) is 5.92 Å². The Balaban J connectivity index is 0.00000312. The Morgan fingerprint density at radius 3 is 2.76 bits per heavy atom. The van der Waals surface area contributed by atoms with Gasteiger partial charge in [0.05, 0.1) is 12.1 Å². The molecule has 1 fully saturated rings. The van der Waals surface area contributed by atoms with Gasteiger partial charge in [-0.15, -0.1) is 12.4 Å². The van der Waals surface area contributed by atoms with E-state index in [1.54, 1.807) is 0 Å². The Labute approximate surface area is 160 Å². The van der Waals surface area contributed by atoms with Crippen LogP contribution in [0.2, 0.25) is 5.02 Å². The largest absolute Gasteiger partial charge is 0.493 e. The van der Waals surface area contributed by atoms with E-state index in [1.807, 2.05) is 12.1 Å². The van der Waals surface area contributed by atoms with Crippen molar-refractivity contribution < 1.29 is 14.3 Å². The van der Waals surface area contributed by atoms with E-state index in [-0.39, 0.29) is 19.0 Å². The van der Waals surface area contributed by atoms with Gasteiger partial charge in [-0.05, 0) is 43.0 Å². The summed E-state index contributed by atoms with van der Waals surface area (Å²) in [6.07, 6.45) is 2.38. The molecule has 2 unspecified atom stereocenters. The highest BCUT2D eigenvalue weighted by molar-refractivity contribution is 6.32. The second-order valence-electron chi connectivity index (χ2n) is 6.26. The van der Waals surface area contributed by atoms with Crippen molar-refractivity contribution in [2.24, 2.45) is 17.4 Å². The second kappa shape index (κ2) is 10.1. The average molecular weight is 392 g/mol. The number of carbonyl (C=O) groups is 1. The number of hydrogen-bond acceptors (Lipinski definition) is 5. The van der Waals surface area contributed by atoms with E-state index in [2.05, 4.69) is 11.8 Å². The standard InChI is InChI=1S/C17H26ClN3O3.ClH/c1-11-4-3-5-21(14(11)8-19)9-12-6-13(18)17(15(7-12)23-2)24-10-16(20)22;/h6-7,11,14H,3-5,8-10,19H2,1-2H3,(H2,20,22);1H. The topological polar surface area (TPSA) is 90.8 Å². The number of nitrogens with two attached hydrogens (primary N) is 2. The third-order valence-corrected chi connectivity index (χ3v) is 4.79. The third-order valence-electron chi connectivity index (χ3n) is 4.51. The third kappa shape index (κ3) is 5.64. The first kappa shape index (κ1) is 21.8. The molecule has 1 saturated heterocycles. The van der Waals surface area contributed by atoms with Crippen molar-refractivity contribution in [3.8, 4) is 11.5 Å². The quantitative estimate of drug-likeness (QED) is 0.743. The summed E-state index contributed by atoms with van der Waals surface area (Å²) in [5, 5.41) is 0.403. The number of primary amides is 1. The monoisotopic (exact) mass is 391 g/mol. The summed E-state index contributed by atoms with van der Waals surface area (Å²) in [7, 11) is 1.54. The molecule has 2 atom stereocenters. The molecular formula is C17H27Cl2N3O3. The minimum atomic E-state index is -0.565. The SMILES string of the molecule is COc1cc(CN2CCCC(C)C2CN)cc(Cl)c1OCC(N)=O.Cl. The highest BCUT2D eigenvalue weighted by Gasteiger charge is 2.27. The van der Waals surface area contributed by atoms with E-state index < -0.39 is 5.91 Å². The number of likely N-dealkylation sites (tertiary alicyclic amines) is 1. The van der Waals surface area contributed by atoms with Gasteiger partial charge in [0.25, 0.3) is 5.91 Å². The molecule has 8 heteroatoms. The molecule has 142 valence electrons. The number of nitrogens with zero attached hydrogens (tertiary/aromatic N) is 1. The van der Waals surface area contributed by atoms with Crippen molar-refractivity contribution in [2.75, 3.05) is 26.8 Å². The first-order chi connectivity index (χ1) is 11.5. The molecule has 1 aromatic rings. The normalized spacial score (nSPS) is 20.6. The number of piperidine rings is 1. The van der Waals surface area contributed by atoms with Crippen LogP contribution in [0.15, 0.2) is 12.1 Å². The van der Waals surface area contributed by atoms with Crippen LogP contribution in [0.25, 0.3) is 0 Å². The van der Waals surface area contributed by atoms with Crippen molar-refractivity contribution in [1.29, 1.82) is 0 Å². The predicted octanol–water partition coefficient (Wildman–Crippen LogP) is 2.19. The highest BCUT2D eigenvalue weighted by atomic mass is 35.5. The van der Waals surface area contributed by atoms with Gasteiger partial charge in [-0.1, -0.05) is 18.5 Å². The lowest BCUT2D eigenvalue weighted by Crippen LogP contribution is -2.48. The number of carbonyl (C=O) groups excluding carboxylic acids is 1. The minimum Gasteiger partial charge on any atom is -0.493 e. The van der Waals surface area contributed by atoms with Crippen LogP contribution in [-0.4, -0.2) is 43.7 Å². The Morgan fingerprint density at radius 2 is 2.16 bits per heavy atom. The molecule has 0 radical (unpaired) electrons. The molecule has 4 N–H and O–H groups in total. The Bertz CT molecular complexity index is 587. The van der Waals surface area contributed by atoms with Gasteiger partial charge in [0.15, 0.2) is 18.1 Å². The van der Waals surface area contributed by atoms with E-state index in [4.69, 9.17) is 32.5 Å². The molecule has 25 heavy (non-hydrogen) atoms. The fourth-order valence-corrected chi connectivity index (χ4v) is 3.58. The summed E-state index contributed by atoms with van der Waals surface area (Å²) >= 11 is 6.31. The van der Waals surface area contributed by atoms with Crippen LogP contribution < -0.4 is 20.9 Å². The smallest absolute Gasteiger partial charge is 0.255 e. The van der Waals surface area contributed by atoms with Gasteiger partial charge in [-0.3, -0.25) is 9.69 Å². The van der Waals surface area contributed by atoms with Crippen LogP contribution in [0.5, 0.6) is 11.5 Å². The number of methoxy groups -OCH3 is 1. The summed E-state index contributed by atoms with van der Waals surface area (Å²) in [5.74, 6) is 0.849. The van der Waals surface area contributed by atoms with Crippen LogP contribution in [0.4, 0.5) is 0 Å². The van der Waals surface area contributed by atoms with Crippen molar-refractivity contribution in [3.63, 3.8) is 0 Å². The Kier molecular flexibility index (Phi) is 8.79. The van der Waals surface area contributed by atoms with Crippen molar-refractivity contribution >= 4 is 29.9 Å². The lowest BCUT2D eigenvalue weighted by atomic mass is 9.90. The van der Waals surface area contributed by atoms with Gasteiger partial charge < -0.3 is 20.9 Å². The molecule has 1 aromatic carbocycles. The van der Waals surface area contributed by atoms with Crippen LogP contribution in [0.3, 0.4) is 0 Å². The zero-order valence-corrected chi connectivity index (χ0v) is 16.2. The maximum Gasteiger partial charge on any atom is 0.255 e. The summed E-state index contributed by atoms with van der Waals surface area (Å²) in [5.41, 5.74) is 12.1. The van der Waals surface area contributed by atoms with Gasteiger partial charge in [0.1, 0.15) is 0 Å². The Hall–Kier alpha value is -1.21. The average Bonchev–Trinajstić information content (AvgIpc) is 2.53. The molecule has 0 saturated carbocycles. The molecule has 6 nitrogen and oxygen atoms in total. The van der Waals surface area contributed by atoms with E-state index in [0.717, 1.165) is 18.7 Å². The van der Waals surface area contributed by atoms with Gasteiger partial charge in [-0.2, -0.15) is 0 Å². The second-order valence-corrected chi connectivity index (χ2v) is 6.66. The van der Waals surface area contributed by atoms with E-state index in [1.165, 1.54) is 20.0 Å². The first-order valence-electron chi connectivity index (χ1n) is 8.17. The number of hydrogen-bond donors (Lipinski definition) is 2. The first-order valence-corrected chi connectivity index (χ1v) is 8.55. The zero-order valence-electron chi connectivity index (χ0n) is 14.7. The molecule has 1 amide bonds. The minimum absolute atomic E-state index is 0. The van der Waals surface area contributed by atoms with Crippen LogP contribution in [0.1, 0.15) is 25.3 Å². The molecule has 0 aromatic heterocycles. The van der Waals surface area contributed by atoms with Gasteiger partial charge in [0, 0.05) is 19.1 Å². The number of rotatable bonds is 7. The predicted molar refractivity (Wildman–Crippen MR) is 102 cm³/mol. The van der Waals surface area contributed by atoms with Crippen molar-refractivity contribution in [1.82, 2.24) is 4.90 Å².